The molecule has 1 aliphatic rings. The highest BCUT2D eigenvalue weighted by Gasteiger charge is 2.27. The molecule has 6 heteroatoms. The smallest absolute Gasteiger partial charge is 0.341 e. The molecule has 3 aromatic rings. The van der Waals surface area contributed by atoms with E-state index in [1.807, 2.05) is 44.2 Å². The molecule has 0 aliphatic carbocycles. The number of carbonyl (C=O) groups excluding carboxylic acids is 1. The van der Waals surface area contributed by atoms with Crippen molar-refractivity contribution in [2.24, 2.45) is 0 Å². The molecule has 0 unspecified atom stereocenters. The lowest BCUT2D eigenvalue weighted by Crippen LogP contribution is -2.38. The van der Waals surface area contributed by atoms with Gasteiger partial charge in [-0.2, -0.15) is 0 Å². The minimum absolute atomic E-state index is 0.324. The van der Waals surface area contributed by atoms with Crippen molar-refractivity contribution >= 4 is 45.3 Å². The van der Waals surface area contributed by atoms with Crippen LogP contribution in [0.4, 0.5) is 10.7 Å². The molecule has 0 amide bonds. The van der Waals surface area contributed by atoms with Gasteiger partial charge in [0.2, 0.25) is 0 Å². The number of aryl methyl sites for hydroxylation is 3. The van der Waals surface area contributed by atoms with Crippen LogP contribution in [0.2, 0.25) is 0 Å². The Morgan fingerprint density at radius 3 is 2.71 bits per heavy atom. The summed E-state index contributed by atoms with van der Waals surface area (Å²) in [5.41, 5.74) is 6.17. The summed E-state index contributed by atoms with van der Waals surface area (Å²) in [4.78, 5) is 16.1. The van der Waals surface area contributed by atoms with E-state index in [0.717, 1.165) is 46.1 Å². The Morgan fingerprint density at radius 1 is 1.19 bits per heavy atom. The van der Waals surface area contributed by atoms with E-state index in [9.17, 15) is 4.79 Å². The highest BCUT2D eigenvalue weighted by Crippen LogP contribution is 2.41. The van der Waals surface area contributed by atoms with Crippen molar-refractivity contribution in [3.63, 3.8) is 0 Å². The normalized spacial score (nSPS) is 12.9. The zero-order valence-electron chi connectivity index (χ0n) is 18.0. The van der Waals surface area contributed by atoms with Gasteiger partial charge in [-0.3, -0.25) is 0 Å². The standard InChI is InChI=1S/C25H26N2O2S2/c1-4-29-24(28)22-21(18-9-6-5-7-10-18)17(3)31-23(22)26-25(30)27-14-8-11-19-15-16(2)12-13-20(19)27/h5-7,9-10,12-13,15H,4,8,11,14H2,1-3H3,(H,26,30). The Labute approximate surface area is 192 Å². The van der Waals surface area contributed by atoms with Crippen molar-refractivity contribution in [2.45, 2.75) is 33.6 Å². The van der Waals surface area contributed by atoms with E-state index in [0.29, 0.717) is 17.3 Å². The summed E-state index contributed by atoms with van der Waals surface area (Å²) in [6.07, 6.45) is 2.10. The molecule has 1 aliphatic heterocycles. The number of thiocarbonyl (C=S) groups is 1. The van der Waals surface area contributed by atoms with Gasteiger partial charge >= 0.3 is 5.97 Å². The topological polar surface area (TPSA) is 41.6 Å². The predicted octanol–water partition coefficient (Wildman–Crippen LogP) is 6.36. The molecule has 4 rings (SSSR count). The predicted molar refractivity (Wildman–Crippen MR) is 134 cm³/mol. The maximum atomic E-state index is 13.0. The number of carbonyl (C=O) groups is 1. The van der Waals surface area contributed by atoms with Gasteiger partial charge in [0.15, 0.2) is 5.11 Å². The summed E-state index contributed by atoms with van der Waals surface area (Å²) < 4.78 is 5.41. The van der Waals surface area contributed by atoms with Gasteiger partial charge in [0.25, 0.3) is 0 Å². The van der Waals surface area contributed by atoms with Gasteiger partial charge in [-0.1, -0.05) is 48.0 Å². The average molecular weight is 451 g/mol. The van der Waals surface area contributed by atoms with Crippen molar-refractivity contribution < 1.29 is 9.53 Å². The lowest BCUT2D eigenvalue weighted by Gasteiger charge is -2.32. The maximum absolute atomic E-state index is 13.0. The van der Waals surface area contributed by atoms with Crippen LogP contribution in [0.25, 0.3) is 11.1 Å². The number of nitrogens with one attached hydrogen (secondary N) is 1. The summed E-state index contributed by atoms with van der Waals surface area (Å²) in [5, 5.41) is 4.72. The Bertz CT molecular complexity index is 1120. The molecule has 0 saturated heterocycles. The summed E-state index contributed by atoms with van der Waals surface area (Å²) >= 11 is 7.35. The first-order chi connectivity index (χ1) is 15.0. The molecule has 0 radical (unpaired) electrons. The monoisotopic (exact) mass is 450 g/mol. The Morgan fingerprint density at radius 2 is 1.97 bits per heavy atom. The van der Waals surface area contributed by atoms with E-state index in [2.05, 4.69) is 35.3 Å². The first-order valence-corrected chi connectivity index (χ1v) is 11.8. The van der Waals surface area contributed by atoms with E-state index in [-0.39, 0.29) is 5.97 Å². The van der Waals surface area contributed by atoms with Gasteiger partial charge in [0.1, 0.15) is 10.6 Å². The number of rotatable bonds is 4. The highest BCUT2D eigenvalue weighted by molar-refractivity contribution is 7.80. The minimum atomic E-state index is -0.328. The molecule has 2 heterocycles. The lowest BCUT2D eigenvalue weighted by atomic mass is 10.00. The molecule has 0 saturated carbocycles. The van der Waals surface area contributed by atoms with E-state index >= 15 is 0 Å². The summed E-state index contributed by atoms with van der Waals surface area (Å²) in [7, 11) is 0. The van der Waals surface area contributed by atoms with Crippen molar-refractivity contribution in [2.75, 3.05) is 23.4 Å². The maximum Gasteiger partial charge on any atom is 0.341 e. The number of benzene rings is 2. The van der Waals surface area contributed by atoms with E-state index < -0.39 is 0 Å². The second kappa shape index (κ2) is 9.20. The zero-order chi connectivity index (χ0) is 22.0. The van der Waals surface area contributed by atoms with Crippen LogP contribution in [0.5, 0.6) is 0 Å². The van der Waals surface area contributed by atoms with E-state index in [1.54, 1.807) is 0 Å². The third-order valence-electron chi connectivity index (χ3n) is 5.45. The number of anilines is 2. The molecule has 0 bridgehead atoms. The van der Waals surface area contributed by atoms with Crippen LogP contribution in [0, 0.1) is 13.8 Å². The molecule has 1 aromatic heterocycles. The van der Waals surface area contributed by atoms with Crippen LogP contribution in [-0.4, -0.2) is 24.2 Å². The number of hydrogen-bond donors (Lipinski definition) is 1. The number of hydrogen-bond acceptors (Lipinski definition) is 4. The fraction of sp³-hybridized carbons (Fsp3) is 0.280. The third kappa shape index (κ3) is 4.36. The van der Waals surface area contributed by atoms with Crippen molar-refractivity contribution in [1.29, 1.82) is 0 Å². The van der Waals surface area contributed by atoms with Gasteiger partial charge in [0, 0.05) is 22.7 Å². The van der Waals surface area contributed by atoms with Crippen molar-refractivity contribution in [3.8, 4) is 11.1 Å². The molecule has 0 spiro atoms. The third-order valence-corrected chi connectivity index (χ3v) is 6.79. The average Bonchev–Trinajstić information content (AvgIpc) is 3.09. The van der Waals surface area contributed by atoms with Crippen LogP contribution < -0.4 is 10.2 Å². The summed E-state index contributed by atoms with van der Waals surface area (Å²) in [6.45, 7) is 7.14. The van der Waals surface area contributed by atoms with Gasteiger partial charge in [-0.25, -0.2) is 4.79 Å². The SMILES string of the molecule is CCOC(=O)c1c(NC(=S)N2CCCc3cc(C)ccc32)sc(C)c1-c1ccccc1. The van der Waals surface area contributed by atoms with Crippen LogP contribution in [0.1, 0.15) is 39.7 Å². The number of thiophene rings is 1. The van der Waals surface area contributed by atoms with Crippen LogP contribution in [0.15, 0.2) is 48.5 Å². The lowest BCUT2D eigenvalue weighted by molar-refractivity contribution is 0.0529. The molecule has 4 nitrogen and oxygen atoms in total. The van der Waals surface area contributed by atoms with Gasteiger partial charge < -0.3 is 15.0 Å². The Kier molecular flexibility index (Phi) is 6.39. The van der Waals surface area contributed by atoms with E-state index in [4.69, 9.17) is 17.0 Å². The molecule has 2 aromatic carbocycles. The van der Waals surface area contributed by atoms with Gasteiger partial charge in [-0.05, 0) is 63.0 Å². The summed E-state index contributed by atoms with van der Waals surface area (Å²) in [6, 6.07) is 16.4. The first kappa shape index (κ1) is 21.5. The number of ether oxygens (including phenoxy) is 1. The molecule has 31 heavy (non-hydrogen) atoms. The van der Waals surface area contributed by atoms with Crippen LogP contribution >= 0.6 is 23.6 Å². The fourth-order valence-corrected chi connectivity index (χ4v) is 5.50. The largest absolute Gasteiger partial charge is 0.462 e. The van der Waals surface area contributed by atoms with Crippen molar-refractivity contribution in [1.82, 2.24) is 0 Å². The fourth-order valence-electron chi connectivity index (χ4n) is 4.08. The highest BCUT2D eigenvalue weighted by atomic mass is 32.1. The zero-order valence-corrected chi connectivity index (χ0v) is 19.7. The Balaban J connectivity index is 1.71. The quantitative estimate of drug-likeness (QED) is 0.370. The van der Waals surface area contributed by atoms with Gasteiger partial charge in [0.05, 0.1) is 6.61 Å². The molecule has 0 fully saturated rings. The second-order valence-corrected chi connectivity index (χ2v) is 9.25. The molecule has 160 valence electrons. The minimum Gasteiger partial charge on any atom is -0.462 e. The van der Waals surface area contributed by atoms with Gasteiger partial charge in [-0.15, -0.1) is 11.3 Å². The molecular weight excluding hydrogens is 424 g/mol. The molecular formula is C25H26N2O2S2. The number of esters is 1. The number of nitrogens with zero attached hydrogens (tertiary/aromatic N) is 1. The van der Waals surface area contributed by atoms with Crippen LogP contribution in [-0.2, 0) is 11.2 Å². The summed E-state index contributed by atoms with van der Waals surface area (Å²) in [5.74, 6) is -0.328. The van der Waals surface area contributed by atoms with Crippen molar-refractivity contribution in [3.05, 3.63) is 70.1 Å². The number of fused-ring (bicyclic) bond motifs is 1. The molecule has 1 N–H and O–H groups in total. The van der Waals surface area contributed by atoms with E-state index in [1.165, 1.54) is 22.5 Å². The first-order valence-electron chi connectivity index (χ1n) is 10.5. The second-order valence-electron chi connectivity index (χ2n) is 7.64. The Hall–Kier alpha value is -2.70. The molecule has 0 atom stereocenters. The van der Waals surface area contributed by atoms with Crippen LogP contribution in [0.3, 0.4) is 0 Å².